The maximum atomic E-state index is 11.9. The molecule has 1 aliphatic rings. The van der Waals surface area contributed by atoms with E-state index in [1.807, 2.05) is 0 Å². The third kappa shape index (κ3) is 1.90. The summed E-state index contributed by atoms with van der Waals surface area (Å²) in [5.41, 5.74) is 0.885. The molecule has 92 valence electrons. The van der Waals surface area contributed by atoms with Crippen molar-refractivity contribution in [2.24, 2.45) is 4.99 Å². The van der Waals surface area contributed by atoms with Crippen molar-refractivity contribution in [2.75, 3.05) is 0 Å². The van der Waals surface area contributed by atoms with Gasteiger partial charge in [0.15, 0.2) is 5.78 Å². The molecule has 2 N–H and O–H groups in total. The lowest BCUT2D eigenvalue weighted by atomic mass is 10.1. The maximum Gasteiger partial charge on any atom is 0.328 e. The third-order valence-electron chi connectivity index (χ3n) is 2.71. The Bertz CT molecular complexity index is 586. The summed E-state index contributed by atoms with van der Waals surface area (Å²) in [5, 5.41) is 18.6. The number of carboxylic acid groups (broad SMARTS) is 1. The maximum absolute atomic E-state index is 11.9. The predicted octanol–water partition coefficient (Wildman–Crippen LogP) is 1.70. The van der Waals surface area contributed by atoms with Crippen molar-refractivity contribution < 1.29 is 19.8 Å². The molecule has 0 aliphatic heterocycles. The fourth-order valence-electron chi connectivity index (χ4n) is 1.66. The van der Waals surface area contributed by atoms with Crippen LogP contribution in [0.15, 0.2) is 34.8 Å². The molecule has 0 saturated heterocycles. The normalized spacial score (nSPS) is 16.2. The van der Waals surface area contributed by atoms with E-state index in [1.165, 1.54) is 6.92 Å². The minimum Gasteiger partial charge on any atom is -0.506 e. The molecule has 0 heterocycles. The number of allylic oxidation sites excluding steroid dienone is 1. The smallest absolute Gasteiger partial charge is 0.328 e. The van der Waals surface area contributed by atoms with Crippen LogP contribution in [-0.2, 0) is 4.79 Å². The fraction of sp³-hybridized carbons (Fsp3) is 0.154. The van der Waals surface area contributed by atoms with Crippen LogP contribution in [0.25, 0.3) is 5.76 Å². The van der Waals surface area contributed by atoms with Crippen LogP contribution in [0.4, 0.5) is 0 Å². The number of nitrogens with zero attached hydrogens (tertiary/aromatic N) is 1. The molecule has 5 heteroatoms. The summed E-state index contributed by atoms with van der Waals surface area (Å²) in [4.78, 5) is 26.3. The lowest BCUT2D eigenvalue weighted by Gasteiger charge is -1.98. The first kappa shape index (κ1) is 12.0. The zero-order chi connectivity index (χ0) is 13.3. The average molecular weight is 245 g/mol. The van der Waals surface area contributed by atoms with Crippen LogP contribution in [0, 0.1) is 0 Å². The molecular weight excluding hydrogens is 234 g/mol. The molecule has 18 heavy (non-hydrogen) atoms. The van der Waals surface area contributed by atoms with E-state index in [0.717, 1.165) is 6.21 Å². The number of carbonyl (C=O) groups is 2. The Morgan fingerprint density at radius 2 is 1.94 bits per heavy atom. The van der Waals surface area contributed by atoms with Gasteiger partial charge in [0, 0.05) is 17.3 Å². The summed E-state index contributed by atoms with van der Waals surface area (Å²) < 4.78 is 0. The molecule has 0 radical (unpaired) electrons. The highest BCUT2D eigenvalue weighted by molar-refractivity contribution is 6.30. The van der Waals surface area contributed by atoms with E-state index in [0.29, 0.717) is 11.1 Å². The predicted molar refractivity (Wildman–Crippen MR) is 65.9 cm³/mol. The Kier molecular flexibility index (Phi) is 2.97. The van der Waals surface area contributed by atoms with Crippen molar-refractivity contribution >= 4 is 23.7 Å². The molecular formula is C13H11NO4. The summed E-state index contributed by atoms with van der Waals surface area (Å²) in [6, 6.07) is 5.69. The van der Waals surface area contributed by atoms with Crippen molar-refractivity contribution in [3.63, 3.8) is 0 Å². The number of hydrogen-bond acceptors (Lipinski definition) is 4. The lowest BCUT2D eigenvalue weighted by Crippen LogP contribution is -2.14. The molecule has 0 bridgehead atoms. The van der Waals surface area contributed by atoms with Gasteiger partial charge < -0.3 is 10.2 Å². The van der Waals surface area contributed by atoms with E-state index in [4.69, 9.17) is 5.11 Å². The standard InChI is InChI=1S/C13H11NO4/c1-7(13(17)18)14-6-10-11(15)8-4-2-3-5-9(8)12(10)16/h2-7,15H,1H3,(H,17,18)/t7-/m1/s1. The number of ketones is 1. The number of aliphatic imine (C=N–C) groups is 1. The highest BCUT2D eigenvalue weighted by Crippen LogP contribution is 2.29. The van der Waals surface area contributed by atoms with Gasteiger partial charge >= 0.3 is 5.97 Å². The van der Waals surface area contributed by atoms with Gasteiger partial charge in [0.25, 0.3) is 0 Å². The summed E-state index contributed by atoms with van der Waals surface area (Å²) >= 11 is 0. The van der Waals surface area contributed by atoms with Crippen LogP contribution in [0.3, 0.4) is 0 Å². The second kappa shape index (κ2) is 4.44. The second-order valence-corrected chi connectivity index (χ2v) is 3.93. The minimum absolute atomic E-state index is 0.0318. The van der Waals surface area contributed by atoms with Gasteiger partial charge in [0.2, 0.25) is 0 Å². The molecule has 0 fully saturated rings. The van der Waals surface area contributed by atoms with Crippen LogP contribution in [-0.4, -0.2) is 34.2 Å². The molecule has 0 saturated carbocycles. The Morgan fingerprint density at radius 3 is 2.50 bits per heavy atom. The van der Waals surface area contributed by atoms with Crippen molar-refractivity contribution in [3.05, 3.63) is 41.0 Å². The Morgan fingerprint density at radius 1 is 1.33 bits per heavy atom. The highest BCUT2D eigenvalue weighted by atomic mass is 16.4. The quantitative estimate of drug-likeness (QED) is 0.793. The van der Waals surface area contributed by atoms with Crippen molar-refractivity contribution in [3.8, 4) is 0 Å². The zero-order valence-corrected chi connectivity index (χ0v) is 9.62. The second-order valence-electron chi connectivity index (χ2n) is 3.93. The molecule has 0 aromatic heterocycles. The van der Waals surface area contributed by atoms with Gasteiger partial charge in [-0.3, -0.25) is 9.79 Å². The van der Waals surface area contributed by atoms with Gasteiger partial charge in [-0.2, -0.15) is 0 Å². The minimum atomic E-state index is -1.09. The van der Waals surface area contributed by atoms with Crippen LogP contribution < -0.4 is 0 Å². The Labute approximate surface area is 103 Å². The number of Topliss-reactive ketones (excluding diaryl/α,β-unsaturated/α-hetero) is 1. The molecule has 0 spiro atoms. The number of carbonyl (C=O) groups excluding carboxylic acids is 1. The van der Waals surface area contributed by atoms with E-state index in [1.54, 1.807) is 24.3 Å². The number of fused-ring (bicyclic) bond motifs is 1. The molecule has 0 amide bonds. The van der Waals surface area contributed by atoms with E-state index >= 15 is 0 Å². The number of aliphatic hydroxyl groups is 1. The van der Waals surface area contributed by atoms with E-state index < -0.39 is 12.0 Å². The molecule has 2 rings (SSSR count). The van der Waals surface area contributed by atoms with Gasteiger partial charge in [-0.05, 0) is 6.92 Å². The van der Waals surface area contributed by atoms with Crippen LogP contribution in [0.5, 0.6) is 0 Å². The van der Waals surface area contributed by atoms with Gasteiger partial charge in [-0.1, -0.05) is 24.3 Å². The topological polar surface area (TPSA) is 87.0 Å². The Hall–Kier alpha value is -2.43. The fourth-order valence-corrected chi connectivity index (χ4v) is 1.66. The molecule has 5 nitrogen and oxygen atoms in total. The van der Waals surface area contributed by atoms with E-state index in [-0.39, 0.29) is 17.1 Å². The first-order chi connectivity index (χ1) is 8.52. The van der Waals surface area contributed by atoms with Crippen LogP contribution >= 0.6 is 0 Å². The number of aliphatic carboxylic acids is 1. The van der Waals surface area contributed by atoms with Gasteiger partial charge in [0.05, 0.1) is 5.57 Å². The van der Waals surface area contributed by atoms with Crippen molar-refractivity contribution in [1.29, 1.82) is 0 Å². The summed E-state index contributed by atoms with van der Waals surface area (Å²) in [7, 11) is 0. The van der Waals surface area contributed by atoms with E-state index in [9.17, 15) is 14.7 Å². The number of carboxylic acids is 1. The van der Waals surface area contributed by atoms with E-state index in [2.05, 4.69) is 4.99 Å². The number of rotatable bonds is 3. The molecule has 1 aromatic rings. The highest BCUT2D eigenvalue weighted by Gasteiger charge is 2.28. The Balaban J connectivity index is 2.35. The third-order valence-corrected chi connectivity index (χ3v) is 2.71. The summed E-state index contributed by atoms with van der Waals surface area (Å²) in [5.74, 6) is -1.59. The average Bonchev–Trinajstić information content (AvgIpc) is 2.60. The molecule has 1 aliphatic carbocycles. The first-order valence-electron chi connectivity index (χ1n) is 5.35. The van der Waals surface area contributed by atoms with Crippen LogP contribution in [0.1, 0.15) is 22.8 Å². The largest absolute Gasteiger partial charge is 0.506 e. The monoisotopic (exact) mass is 245 g/mol. The molecule has 1 aromatic carbocycles. The summed E-state index contributed by atoms with van der Waals surface area (Å²) in [6.45, 7) is 1.39. The number of hydrogen-bond donors (Lipinski definition) is 2. The van der Waals surface area contributed by atoms with Gasteiger partial charge in [-0.15, -0.1) is 0 Å². The van der Waals surface area contributed by atoms with Gasteiger partial charge in [-0.25, -0.2) is 4.79 Å². The lowest BCUT2D eigenvalue weighted by molar-refractivity contribution is -0.137. The summed E-state index contributed by atoms with van der Waals surface area (Å²) in [6.07, 6.45) is 1.12. The number of aliphatic hydroxyl groups excluding tert-OH is 1. The molecule has 1 atom stereocenters. The first-order valence-corrected chi connectivity index (χ1v) is 5.35. The zero-order valence-electron chi connectivity index (χ0n) is 9.62. The van der Waals surface area contributed by atoms with Crippen LogP contribution in [0.2, 0.25) is 0 Å². The molecule has 0 unspecified atom stereocenters. The SMILES string of the molecule is C[C@@H](N=CC1=C(O)c2ccccc2C1=O)C(=O)O. The van der Waals surface area contributed by atoms with Crippen molar-refractivity contribution in [1.82, 2.24) is 0 Å². The number of benzene rings is 1. The van der Waals surface area contributed by atoms with Crippen molar-refractivity contribution in [2.45, 2.75) is 13.0 Å². The van der Waals surface area contributed by atoms with Gasteiger partial charge in [0.1, 0.15) is 11.8 Å².